The minimum Gasteiger partial charge on any atom is -0.480 e. The lowest BCUT2D eigenvalue weighted by Crippen LogP contribution is -2.42. The van der Waals surface area contributed by atoms with E-state index in [1.54, 1.807) is 0 Å². The predicted octanol–water partition coefficient (Wildman–Crippen LogP) is -1.31. The zero-order valence-electron chi connectivity index (χ0n) is 4.69. The van der Waals surface area contributed by atoms with Crippen molar-refractivity contribution in [2.24, 2.45) is 5.73 Å². The lowest BCUT2D eigenvalue weighted by atomic mass is 10.2. The largest absolute Gasteiger partial charge is 0.480 e. The number of rotatable bonds is 3. The average molecular weight is 151 g/mol. The van der Waals surface area contributed by atoms with Crippen molar-refractivity contribution in [1.82, 2.24) is 0 Å². The van der Waals surface area contributed by atoms with Crippen molar-refractivity contribution in [3.63, 3.8) is 0 Å². The predicted molar refractivity (Wildman–Crippen MR) is 35.5 cm³/mol. The maximum Gasteiger partial charge on any atom is 0.323 e. The van der Waals surface area contributed by atoms with Crippen molar-refractivity contribution >= 4 is 18.6 Å². The van der Waals surface area contributed by atoms with Gasteiger partial charge in [-0.3, -0.25) is 4.79 Å². The lowest BCUT2D eigenvalue weighted by Gasteiger charge is -2.10. The Labute approximate surface area is 58.1 Å². The fraction of sp³-hybridized carbons (Fsp3) is 0.750. The Kier molecular flexibility index (Phi) is 3.60. The van der Waals surface area contributed by atoms with Gasteiger partial charge in [0.05, 0.1) is 6.10 Å². The van der Waals surface area contributed by atoms with Gasteiger partial charge in [-0.2, -0.15) is 12.6 Å². The Bertz CT molecular complexity index is 108. The number of aliphatic hydroxyl groups excluding tert-OH is 1. The second-order valence-corrected chi connectivity index (χ2v) is 1.98. The normalized spacial score (nSPS) is 16.8. The second kappa shape index (κ2) is 3.71. The third-order valence-corrected chi connectivity index (χ3v) is 1.26. The molecule has 0 spiro atoms. The van der Waals surface area contributed by atoms with E-state index in [0.29, 0.717) is 0 Å². The van der Waals surface area contributed by atoms with Gasteiger partial charge >= 0.3 is 5.97 Å². The van der Waals surface area contributed by atoms with Crippen LogP contribution in [0.3, 0.4) is 0 Å². The summed E-state index contributed by atoms with van der Waals surface area (Å²) in [5, 5.41) is 16.9. The molecule has 0 fully saturated rings. The molecule has 0 aromatic heterocycles. The molecule has 0 saturated heterocycles. The molecule has 2 atom stereocenters. The van der Waals surface area contributed by atoms with E-state index in [1.165, 1.54) is 0 Å². The van der Waals surface area contributed by atoms with Gasteiger partial charge in [-0.05, 0) is 0 Å². The number of carboxylic acids is 1. The van der Waals surface area contributed by atoms with Gasteiger partial charge in [-0.25, -0.2) is 0 Å². The molecular weight excluding hydrogens is 142 g/mol. The van der Waals surface area contributed by atoms with Crippen LogP contribution < -0.4 is 5.73 Å². The smallest absolute Gasteiger partial charge is 0.323 e. The van der Waals surface area contributed by atoms with Crippen LogP contribution in [-0.2, 0) is 4.79 Å². The molecule has 0 saturated carbocycles. The van der Waals surface area contributed by atoms with Crippen LogP contribution in [0.25, 0.3) is 0 Å². The van der Waals surface area contributed by atoms with Gasteiger partial charge < -0.3 is 15.9 Å². The van der Waals surface area contributed by atoms with Crippen molar-refractivity contribution in [2.75, 3.05) is 5.75 Å². The van der Waals surface area contributed by atoms with E-state index in [1.807, 2.05) is 0 Å². The minimum absolute atomic E-state index is 0.0630. The molecule has 0 radical (unpaired) electrons. The first-order valence-corrected chi connectivity index (χ1v) is 3.00. The van der Waals surface area contributed by atoms with E-state index >= 15 is 0 Å². The summed E-state index contributed by atoms with van der Waals surface area (Å²) in [5.41, 5.74) is 4.97. The quantitative estimate of drug-likeness (QED) is 0.377. The number of hydrogen-bond donors (Lipinski definition) is 4. The van der Waals surface area contributed by atoms with E-state index in [2.05, 4.69) is 12.6 Å². The molecule has 0 heterocycles. The molecule has 0 aliphatic rings. The van der Waals surface area contributed by atoms with Gasteiger partial charge in [0.15, 0.2) is 0 Å². The number of carboxylic acid groups (broad SMARTS) is 1. The number of hydrogen-bond acceptors (Lipinski definition) is 4. The lowest BCUT2D eigenvalue weighted by molar-refractivity contribution is -0.140. The Balaban J connectivity index is 3.72. The van der Waals surface area contributed by atoms with E-state index in [0.717, 1.165) is 0 Å². The van der Waals surface area contributed by atoms with Crippen LogP contribution in [0.2, 0.25) is 0 Å². The highest BCUT2D eigenvalue weighted by atomic mass is 32.1. The SMILES string of the molecule is NC(C(=O)O)C(O)CS. The monoisotopic (exact) mass is 151 g/mol. The summed E-state index contributed by atoms with van der Waals surface area (Å²) in [7, 11) is 0. The van der Waals surface area contributed by atoms with Crippen LogP contribution in [-0.4, -0.2) is 34.1 Å². The highest BCUT2D eigenvalue weighted by molar-refractivity contribution is 7.80. The van der Waals surface area contributed by atoms with E-state index in [9.17, 15) is 4.79 Å². The van der Waals surface area contributed by atoms with Gasteiger partial charge in [0.2, 0.25) is 0 Å². The first-order chi connectivity index (χ1) is 4.09. The molecule has 5 heteroatoms. The van der Waals surface area contributed by atoms with Crippen LogP contribution in [0.1, 0.15) is 0 Å². The molecular formula is C4H9NO3S. The fourth-order valence-electron chi connectivity index (χ4n) is 0.278. The van der Waals surface area contributed by atoms with Crippen LogP contribution >= 0.6 is 12.6 Å². The third-order valence-electron chi connectivity index (χ3n) is 0.887. The van der Waals surface area contributed by atoms with Crippen LogP contribution in [0.5, 0.6) is 0 Å². The highest BCUT2D eigenvalue weighted by Gasteiger charge is 2.19. The van der Waals surface area contributed by atoms with Gasteiger partial charge in [0.1, 0.15) is 6.04 Å². The summed E-state index contributed by atoms with van der Waals surface area (Å²) in [4.78, 5) is 9.98. The van der Waals surface area contributed by atoms with Crippen LogP contribution in [0, 0.1) is 0 Å². The van der Waals surface area contributed by atoms with Gasteiger partial charge in [-0.15, -0.1) is 0 Å². The zero-order valence-corrected chi connectivity index (χ0v) is 5.58. The number of thiol groups is 1. The van der Waals surface area contributed by atoms with E-state index < -0.39 is 18.1 Å². The highest BCUT2D eigenvalue weighted by Crippen LogP contribution is 1.92. The molecule has 0 aromatic rings. The summed E-state index contributed by atoms with van der Waals surface area (Å²) in [6.07, 6.45) is -1.06. The molecule has 4 nitrogen and oxygen atoms in total. The van der Waals surface area contributed by atoms with Crippen molar-refractivity contribution < 1.29 is 15.0 Å². The van der Waals surface area contributed by atoms with Crippen molar-refractivity contribution in [3.05, 3.63) is 0 Å². The Hall–Kier alpha value is -0.260. The van der Waals surface area contributed by atoms with E-state index in [-0.39, 0.29) is 5.75 Å². The summed E-state index contributed by atoms with van der Waals surface area (Å²) >= 11 is 3.66. The average Bonchev–Trinajstić information content (AvgIpc) is 1.84. The number of aliphatic carboxylic acids is 1. The molecule has 0 amide bonds. The first kappa shape index (κ1) is 8.74. The second-order valence-electron chi connectivity index (χ2n) is 1.61. The molecule has 4 N–H and O–H groups in total. The maximum atomic E-state index is 9.98. The van der Waals surface area contributed by atoms with Crippen molar-refractivity contribution in [2.45, 2.75) is 12.1 Å². The number of aliphatic hydroxyl groups is 1. The van der Waals surface area contributed by atoms with Gasteiger partial charge in [0.25, 0.3) is 0 Å². The van der Waals surface area contributed by atoms with Crippen LogP contribution in [0.4, 0.5) is 0 Å². The molecule has 2 unspecified atom stereocenters. The topological polar surface area (TPSA) is 83.6 Å². The minimum atomic E-state index is -1.22. The van der Waals surface area contributed by atoms with Gasteiger partial charge in [0, 0.05) is 5.75 Å². The fourth-order valence-corrected chi connectivity index (χ4v) is 0.505. The zero-order chi connectivity index (χ0) is 7.44. The Morgan fingerprint density at radius 2 is 2.22 bits per heavy atom. The third kappa shape index (κ3) is 2.69. The summed E-state index contributed by atoms with van der Waals surface area (Å²) in [6, 6.07) is -1.22. The Morgan fingerprint density at radius 3 is 2.33 bits per heavy atom. The standard InChI is InChI=1S/C4H9NO3S/c5-3(4(7)8)2(6)1-9/h2-3,6,9H,1,5H2,(H,7,8). The molecule has 0 aliphatic heterocycles. The van der Waals surface area contributed by atoms with E-state index in [4.69, 9.17) is 15.9 Å². The molecule has 54 valence electrons. The summed E-state index contributed by atoms with van der Waals surface area (Å²) in [5.74, 6) is -1.15. The van der Waals surface area contributed by atoms with Gasteiger partial charge in [-0.1, -0.05) is 0 Å². The molecule has 0 aliphatic carbocycles. The molecule has 0 bridgehead atoms. The van der Waals surface area contributed by atoms with Crippen LogP contribution in [0.15, 0.2) is 0 Å². The van der Waals surface area contributed by atoms with Crippen molar-refractivity contribution in [3.8, 4) is 0 Å². The maximum absolute atomic E-state index is 9.98. The molecule has 9 heavy (non-hydrogen) atoms. The molecule has 0 rings (SSSR count). The number of nitrogens with two attached hydrogens (primary N) is 1. The summed E-state index contributed by atoms with van der Waals surface area (Å²) < 4.78 is 0. The Morgan fingerprint density at radius 1 is 1.78 bits per heavy atom. The van der Waals surface area contributed by atoms with Crippen molar-refractivity contribution in [1.29, 1.82) is 0 Å². The first-order valence-electron chi connectivity index (χ1n) is 2.37. The summed E-state index contributed by atoms with van der Waals surface area (Å²) in [6.45, 7) is 0. The number of carbonyl (C=O) groups is 1. The molecule has 0 aromatic carbocycles.